The summed E-state index contributed by atoms with van der Waals surface area (Å²) in [6.45, 7) is 1.15. The fourth-order valence-electron chi connectivity index (χ4n) is 1.70. The minimum absolute atomic E-state index is 0.152. The minimum atomic E-state index is -0.666. The van der Waals surface area contributed by atoms with Gasteiger partial charge in [-0.2, -0.15) is 0 Å². The number of benzene rings is 2. The van der Waals surface area contributed by atoms with E-state index in [0.29, 0.717) is 11.3 Å². The normalized spacial score (nSPS) is 10.3. The van der Waals surface area contributed by atoms with Crippen molar-refractivity contribution in [2.45, 2.75) is 13.5 Å². The molecule has 98 valence electrons. The van der Waals surface area contributed by atoms with Crippen LogP contribution < -0.4 is 4.74 Å². The van der Waals surface area contributed by atoms with Crippen molar-refractivity contribution in [3.8, 4) is 5.75 Å². The first-order chi connectivity index (χ1) is 9.09. The van der Waals surface area contributed by atoms with Crippen LogP contribution in [0, 0.1) is 11.6 Å². The third-order valence-electron chi connectivity index (χ3n) is 2.70. The van der Waals surface area contributed by atoms with E-state index >= 15 is 0 Å². The molecule has 2 aromatic rings. The van der Waals surface area contributed by atoms with E-state index in [1.165, 1.54) is 25.1 Å². The van der Waals surface area contributed by atoms with Gasteiger partial charge in [-0.1, -0.05) is 18.2 Å². The summed E-state index contributed by atoms with van der Waals surface area (Å²) in [6.07, 6.45) is 0. The predicted molar refractivity (Wildman–Crippen MR) is 67.1 cm³/mol. The summed E-state index contributed by atoms with van der Waals surface area (Å²) in [4.78, 5) is 11.4. The van der Waals surface area contributed by atoms with Gasteiger partial charge in [0, 0.05) is 0 Å². The first kappa shape index (κ1) is 13.2. The summed E-state index contributed by atoms with van der Waals surface area (Å²) in [7, 11) is 0. The van der Waals surface area contributed by atoms with E-state index in [9.17, 15) is 13.6 Å². The van der Waals surface area contributed by atoms with Crippen molar-refractivity contribution in [1.29, 1.82) is 0 Å². The third kappa shape index (κ3) is 2.96. The van der Waals surface area contributed by atoms with Gasteiger partial charge in [-0.3, -0.25) is 4.79 Å². The Hall–Kier alpha value is -2.23. The number of carbonyl (C=O) groups is 1. The highest BCUT2D eigenvalue weighted by atomic mass is 19.1. The Kier molecular flexibility index (Phi) is 3.90. The van der Waals surface area contributed by atoms with Gasteiger partial charge in [0.05, 0.1) is 11.1 Å². The number of rotatable bonds is 4. The van der Waals surface area contributed by atoms with Crippen LogP contribution in [0.4, 0.5) is 8.78 Å². The second kappa shape index (κ2) is 5.61. The van der Waals surface area contributed by atoms with Gasteiger partial charge in [0.1, 0.15) is 24.0 Å². The molecule has 2 aromatic carbocycles. The van der Waals surface area contributed by atoms with Gasteiger partial charge < -0.3 is 4.74 Å². The lowest BCUT2D eigenvalue weighted by Crippen LogP contribution is -2.04. The van der Waals surface area contributed by atoms with Crippen LogP contribution in [0.1, 0.15) is 22.8 Å². The van der Waals surface area contributed by atoms with Gasteiger partial charge in [0.2, 0.25) is 0 Å². The van der Waals surface area contributed by atoms with E-state index in [1.54, 1.807) is 24.3 Å². The van der Waals surface area contributed by atoms with Crippen molar-refractivity contribution in [3.05, 3.63) is 65.2 Å². The molecule has 0 atom stereocenters. The van der Waals surface area contributed by atoms with Crippen molar-refractivity contribution in [2.75, 3.05) is 0 Å². The molecule has 0 saturated heterocycles. The number of hydrogen-bond acceptors (Lipinski definition) is 2. The van der Waals surface area contributed by atoms with Crippen LogP contribution in [0.2, 0.25) is 0 Å². The molecule has 0 aliphatic heterocycles. The Morgan fingerprint density at radius 3 is 2.32 bits per heavy atom. The molecular weight excluding hydrogens is 250 g/mol. The predicted octanol–water partition coefficient (Wildman–Crippen LogP) is 3.75. The zero-order valence-corrected chi connectivity index (χ0v) is 10.3. The van der Waals surface area contributed by atoms with Crippen molar-refractivity contribution < 1.29 is 18.3 Å². The fraction of sp³-hybridized carbons (Fsp3) is 0.133. The highest BCUT2D eigenvalue weighted by molar-refractivity contribution is 5.96. The maximum atomic E-state index is 13.4. The summed E-state index contributed by atoms with van der Waals surface area (Å²) < 4.78 is 32.2. The summed E-state index contributed by atoms with van der Waals surface area (Å²) >= 11 is 0. The van der Waals surface area contributed by atoms with Crippen molar-refractivity contribution in [2.24, 2.45) is 0 Å². The zero-order chi connectivity index (χ0) is 13.8. The molecule has 0 saturated carbocycles. The SMILES string of the molecule is CC(=O)c1ccccc1OCc1c(F)cccc1F. The maximum Gasteiger partial charge on any atom is 0.163 e. The molecule has 0 aliphatic carbocycles. The summed E-state index contributed by atoms with van der Waals surface area (Å²) in [5.41, 5.74) is 0.236. The lowest BCUT2D eigenvalue weighted by molar-refractivity contribution is 0.101. The maximum absolute atomic E-state index is 13.4. The van der Waals surface area contributed by atoms with Crippen LogP contribution in [0.5, 0.6) is 5.75 Å². The highest BCUT2D eigenvalue weighted by Gasteiger charge is 2.11. The van der Waals surface area contributed by atoms with E-state index in [-0.39, 0.29) is 18.0 Å². The molecule has 4 heteroatoms. The van der Waals surface area contributed by atoms with Crippen LogP contribution in [-0.2, 0) is 6.61 Å². The first-order valence-corrected chi connectivity index (χ1v) is 5.75. The van der Waals surface area contributed by atoms with E-state index in [1.807, 2.05) is 0 Å². The molecule has 2 nitrogen and oxygen atoms in total. The fourth-order valence-corrected chi connectivity index (χ4v) is 1.70. The molecule has 2 rings (SSSR count). The molecule has 0 N–H and O–H groups in total. The lowest BCUT2D eigenvalue weighted by Gasteiger charge is -2.10. The molecule has 0 fully saturated rings. The van der Waals surface area contributed by atoms with Crippen molar-refractivity contribution in [3.63, 3.8) is 0 Å². The average molecular weight is 262 g/mol. The van der Waals surface area contributed by atoms with E-state index in [4.69, 9.17) is 4.74 Å². The standard InChI is InChI=1S/C15H12F2O2/c1-10(18)11-5-2-3-8-15(11)19-9-12-13(16)6-4-7-14(12)17/h2-8H,9H2,1H3. The van der Waals surface area contributed by atoms with Gasteiger partial charge in [0.25, 0.3) is 0 Å². The third-order valence-corrected chi connectivity index (χ3v) is 2.70. The van der Waals surface area contributed by atoms with Gasteiger partial charge in [-0.15, -0.1) is 0 Å². The largest absolute Gasteiger partial charge is 0.488 e. The monoisotopic (exact) mass is 262 g/mol. The van der Waals surface area contributed by atoms with E-state index in [2.05, 4.69) is 0 Å². The van der Waals surface area contributed by atoms with Crippen molar-refractivity contribution in [1.82, 2.24) is 0 Å². The van der Waals surface area contributed by atoms with E-state index in [0.717, 1.165) is 0 Å². The zero-order valence-electron chi connectivity index (χ0n) is 10.3. The molecule has 0 aliphatic rings. The number of hydrogen-bond donors (Lipinski definition) is 0. The molecular formula is C15H12F2O2. The second-order valence-corrected chi connectivity index (χ2v) is 4.04. The molecule has 0 heterocycles. The molecule has 19 heavy (non-hydrogen) atoms. The number of Topliss-reactive ketones (excluding diaryl/α,β-unsaturated/α-hetero) is 1. The van der Waals surface area contributed by atoms with Crippen LogP contribution in [0.15, 0.2) is 42.5 Å². The van der Waals surface area contributed by atoms with E-state index < -0.39 is 11.6 Å². The second-order valence-electron chi connectivity index (χ2n) is 4.04. The number of ether oxygens (including phenoxy) is 1. The Morgan fingerprint density at radius 2 is 1.68 bits per heavy atom. The Morgan fingerprint density at radius 1 is 1.05 bits per heavy atom. The lowest BCUT2D eigenvalue weighted by atomic mass is 10.1. The summed E-state index contributed by atoms with van der Waals surface area (Å²) in [5.74, 6) is -1.18. The Balaban J connectivity index is 2.22. The Bertz CT molecular complexity index is 589. The smallest absolute Gasteiger partial charge is 0.163 e. The molecule has 0 unspecified atom stereocenters. The van der Waals surface area contributed by atoms with Gasteiger partial charge in [0.15, 0.2) is 5.78 Å². The minimum Gasteiger partial charge on any atom is -0.488 e. The van der Waals surface area contributed by atoms with Crippen LogP contribution >= 0.6 is 0 Å². The van der Waals surface area contributed by atoms with Crippen LogP contribution in [0.3, 0.4) is 0 Å². The average Bonchev–Trinajstić information content (AvgIpc) is 2.38. The van der Waals surface area contributed by atoms with Gasteiger partial charge in [-0.25, -0.2) is 8.78 Å². The topological polar surface area (TPSA) is 26.3 Å². The number of para-hydroxylation sites is 1. The summed E-state index contributed by atoms with van der Waals surface area (Å²) in [5, 5.41) is 0. The molecule has 0 spiro atoms. The van der Waals surface area contributed by atoms with Gasteiger partial charge >= 0.3 is 0 Å². The Labute approximate surface area is 109 Å². The molecule has 0 bridgehead atoms. The number of carbonyl (C=O) groups excluding carboxylic acids is 1. The highest BCUT2D eigenvalue weighted by Crippen LogP contribution is 2.21. The van der Waals surface area contributed by atoms with Crippen molar-refractivity contribution >= 4 is 5.78 Å². The number of ketones is 1. The quantitative estimate of drug-likeness (QED) is 0.784. The first-order valence-electron chi connectivity index (χ1n) is 5.75. The molecule has 0 aromatic heterocycles. The summed E-state index contributed by atoms with van der Waals surface area (Å²) in [6, 6.07) is 10.2. The molecule has 0 radical (unpaired) electrons. The van der Waals surface area contributed by atoms with Crippen LogP contribution in [-0.4, -0.2) is 5.78 Å². The van der Waals surface area contributed by atoms with Crippen LogP contribution in [0.25, 0.3) is 0 Å². The molecule has 0 amide bonds. The van der Waals surface area contributed by atoms with Gasteiger partial charge in [-0.05, 0) is 31.2 Å². The number of halogens is 2.